The molecule has 0 aliphatic carbocycles. The van der Waals surface area contributed by atoms with E-state index in [1.54, 1.807) is 12.4 Å². The Morgan fingerprint density at radius 2 is 1.41 bits per heavy atom. The van der Waals surface area contributed by atoms with Gasteiger partial charge in [-0.1, -0.05) is 54.1 Å². The van der Waals surface area contributed by atoms with E-state index in [0.29, 0.717) is 5.02 Å². The number of aryl methyl sites for hydroxylation is 1. The average molecular weight is 311 g/mol. The molecule has 22 heavy (non-hydrogen) atoms. The predicted molar refractivity (Wildman–Crippen MR) is 96.2 cm³/mol. The molecule has 0 amide bonds. The van der Waals surface area contributed by atoms with Crippen molar-refractivity contribution < 1.29 is 0 Å². The van der Waals surface area contributed by atoms with Gasteiger partial charge in [0.25, 0.3) is 0 Å². The van der Waals surface area contributed by atoms with Gasteiger partial charge in [0.05, 0.1) is 12.4 Å². The monoisotopic (exact) mass is 310 g/mol. The summed E-state index contributed by atoms with van der Waals surface area (Å²) in [6, 6.07) is 15.9. The Morgan fingerprint density at radius 1 is 0.864 bits per heavy atom. The van der Waals surface area contributed by atoms with Crippen LogP contribution in [0.5, 0.6) is 0 Å². The molecule has 0 fully saturated rings. The van der Waals surface area contributed by atoms with Gasteiger partial charge in [-0.2, -0.15) is 10.2 Å². The van der Waals surface area contributed by atoms with Crippen molar-refractivity contribution in [1.29, 1.82) is 0 Å². The lowest BCUT2D eigenvalue weighted by Gasteiger charge is -1.99. The molecule has 2 nitrogen and oxygen atoms in total. The minimum Gasteiger partial charge on any atom is -0.159 e. The smallest absolute Gasteiger partial charge is 0.0568 e. The van der Waals surface area contributed by atoms with Crippen molar-refractivity contribution in [3.8, 4) is 0 Å². The van der Waals surface area contributed by atoms with Crippen molar-refractivity contribution in [2.45, 2.75) is 19.3 Å². The number of halogens is 1. The van der Waals surface area contributed by atoms with Crippen LogP contribution in [0.15, 0.2) is 71.4 Å². The molecule has 0 unspecified atom stereocenters. The van der Waals surface area contributed by atoms with E-state index in [1.807, 2.05) is 30.3 Å². The molecular weight excluding hydrogens is 292 g/mol. The highest BCUT2D eigenvalue weighted by Crippen LogP contribution is 2.08. The lowest BCUT2D eigenvalue weighted by Crippen LogP contribution is -1.86. The third-order valence-corrected chi connectivity index (χ3v) is 3.46. The fourth-order valence-corrected chi connectivity index (χ4v) is 2.10. The summed E-state index contributed by atoms with van der Waals surface area (Å²) in [4.78, 5) is 0. The van der Waals surface area contributed by atoms with Crippen LogP contribution >= 0.6 is 11.6 Å². The van der Waals surface area contributed by atoms with E-state index in [2.05, 4.69) is 41.0 Å². The summed E-state index contributed by atoms with van der Waals surface area (Å²) in [5.74, 6) is 0. The quantitative estimate of drug-likeness (QED) is 0.287. The van der Waals surface area contributed by atoms with Gasteiger partial charge >= 0.3 is 0 Å². The number of hydrogen-bond acceptors (Lipinski definition) is 2. The van der Waals surface area contributed by atoms with Crippen molar-refractivity contribution in [1.82, 2.24) is 0 Å². The Balaban J connectivity index is 1.87. The molecule has 0 aromatic heterocycles. The largest absolute Gasteiger partial charge is 0.159 e. The van der Waals surface area contributed by atoms with E-state index in [1.165, 1.54) is 5.56 Å². The van der Waals surface area contributed by atoms with E-state index >= 15 is 0 Å². The minimum absolute atomic E-state index is 0.717. The highest BCUT2D eigenvalue weighted by atomic mass is 35.5. The Morgan fingerprint density at radius 3 is 1.95 bits per heavy atom. The average Bonchev–Trinajstić information content (AvgIpc) is 2.55. The van der Waals surface area contributed by atoms with E-state index in [9.17, 15) is 0 Å². The first-order valence-corrected chi connectivity index (χ1v) is 7.67. The molecule has 0 saturated heterocycles. The lowest BCUT2D eigenvalue weighted by atomic mass is 10.1. The minimum atomic E-state index is 0.717. The van der Waals surface area contributed by atoms with Crippen molar-refractivity contribution in [2.24, 2.45) is 10.2 Å². The van der Waals surface area contributed by atoms with Gasteiger partial charge < -0.3 is 0 Å². The maximum absolute atomic E-state index is 5.83. The molecule has 2 aromatic carbocycles. The molecule has 0 saturated carbocycles. The van der Waals surface area contributed by atoms with E-state index in [0.717, 1.165) is 30.4 Å². The van der Waals surface area contributed by atoms with Crippen LogP contribution in [0.3, 0.4) is 0 Å². The summed E-state index contributed by atoms with van der Waals surface area (Å²) in [5, 5.41) is 8.82. The number of allylic oxidation sites excluding steroid dienone is 1. The van der Waals surface area contributed by atoms with Gasteiger partial charge in [-0.3, -0.25) is 0 Å². The first-order chi connectivity index (χ1) is 10.8. The van der Waals surface area contributed by atoms with Gasteiger partial charge in [0.2, 0.25) is 0 Å². The standard InChI is InChI=1S/C19H19ClN2/c1-2-3-4-5-16-6-8-17(9-7-16)14-21-22-15-18-10-12-19(20)13-11-18/h2,6-15H,1,3-5H2. The summed E-state index contributed by atoms with van der Waals surface area (Å²) in [6.07, 6.45) is 8.69. The fraction of sp³-hybridized carbons (Fsp3) is 0.158. The number of benzene rings is 2. The van der Waals surface area contributed by atoms with Crippen LogP contribution in [-0.4, -0.2) is 12.4 Å². The maximum atomic E-state index is 5.83. The van der Waals surface area contributed by atoms with Gasteiger partial charge in [0, 0.05) is 5.02 Å². The molecule has 3 heteroatoms. The van der Waals surface area contributed by atoms with E-state index in [-0.39, 0.29) is 0 Å². The molecule has 0 heterocycles. The molecule has 2 rings (SSSR count). The summed E-state index contributed by atoms with van der Waals surface area (Å²) in [6.45, 7) is 3.74. The molecule has 0 N–H and O–H groups in total. The first kappa shape index (κ1) is 16.2. The van der Waals surface area contributed by atoms with Crippen LogP contribution < -0.4 is 0 Å². The molecule has 0 spiro atoms. The second-order valence-electron chi connectivity index (χ2n) is 4.96. The van der Waals surface area contributed by atoms with E-state index < -0.39 is 0 Å². The number of nitrogens with zero attached hydrogens (tertiary/aromatic N) is 2. The normalized spacial score (nSPS) is 11.3. The lowest BCUT2D eigenvalue weighted by molar-refractivity contribution is 0.844. The Labute approximate surface area is 136 Å². The molecule has 0 radical (unpaired) electrons. The van der Waals surface area contributed by atoms with Gasteiger partial charge in [-0.05, 0) is 48.1 Å². The van der Waals surface area contributed by atoms with Crippen LogP contribution in [0.4, 0.5) is 0 Å². The fourth-order valence-electron chi connectivity index (χ4n) is 1.97. The van der Waals surface area contributed by atoms with Crippen LogP contribution in [0, 0.1) is 0 Å². The first-order valence-electron chi connectivity index (χ1n) is 7.30. The molecule has 112 valence electrons. The molecule has 0 aliphatic heterocycles. The topological polar surface area (TPSA) is 24.7 Å². The zero-order chi connectivity index (χ0) is 15.6. The van der Waals surface area contributed by atoms with Crippen molar-refractivity contribution in [3.05, 3.63) is 82.9 Å². The third-order valence-electron chi connectivity index (χ3n) is 3.20. The highest BCUT2D eigenvalue weighted by molar-refractivity contribution is 6.30. The van der Waals surface area contributed by atoms with Gasteiger partial charge in [-0.25, -0.2) is 0 Å². The van der Waals surface area contributed by atoms with Gasteiger partial charge in [0.1, 0.15) is 0 Å². The SMILES string of the molecule is C=CCCCc1ccc(C=NN=Cc2ccc(Cl)cc2)cc1. The zero-order valence-corrected chi connectivity index (χ0v) is 13.2. The van der Waals surface area contributed by atoms with Gasteiger partial charge in [-0.15, -0.1) is 6.58 Å². The van der Waals surface area contributed by atoms with Crippen molar-refractivity contribution >= 4 is 24.0 Å². The Bertz CT molecular complexity index is 640. The zero-order valence-electron chi connectivity index (χ0n) is 12.5. The van der Waals surface area contributed by atoms with Crippen LogP contribution in [0.25, 0.3) is 0 Å². The molecular formula is C19H19ClN2. The van der Waals surface area contributed by atoms with Crippen LogP contribution in [-0.2, 0) is 6.42 Å². The predicted octanol–water partition coefficient (Wildman–Crippen LogP) is 5.30. The van der Waals surface area contributed by atoms with Crippen LogP contribution in [0.2, 0.25) is 5.02 Å². The third kappa shape index (κ3) is 5.66. The summed E-state index contributed by atoms with van der Waals surface area (Å²) < 4.78 is 0. The molecule has 0 bridgehead atoms. The number of hydrogen-bond donors (Lipinski definition) is 0. The van der Waals surface area contributed by atoms with Crippen molar-refractivity contribution in [3.63, 3.8) is 0 Å². The molecule has 2 aromatic rings. The summed E-state index contributed by atoms with van der Waals surface area (Å²) in [7, 11) is 0. The Hall–Kier alpha value is -2.19. The van der Waals surface area contributed by atoms with E-state index in [4.69, 9.17) is 11.6 Å². The number of rotatable bonds is 7. The molecule has 0 aliphatic rings. The second kappa shape index (κ2) is 8.96. The second-order valence-corrected chi connectivity index (χ2v) is 5.40. The summed E-state index contributed by atoms with van der Waals surface area (Å²) in [5.41, 5.74) is 3.35. The maximum Gasteiger partial charge on any atom is 0.0568 e. The Kier molecular flexibility index (Phi) is 6.59. The molecule has 0 atom stereocenters. The highest BCUT2D eigenvalue weighted by Gasteiger charge is 1.93. The number of unbranched alkanes of at least 4 members (excludes halogenated alkanes) is 1. The van der Waals surface area contributed by atoms with Crippen LogP contribution in [0.1, 0.15) is 29.5 Å². The van der Waals surface area contributed by atoms with Crippen molar-refractivity contribution in [2.75, 3.05) is 0 Å². The summed E-state index contributed by atoms with van der Waals surface area (Å²) >= 11 is 5.83. The van der Waals surface area contributed by atoms with Gasteiger partial charge in [0.15, 0.2) is 0 Å².